The Hall–Kier alpha value is -2.14. The van der Waals surface area contributed by atoms with E-state index >= 15 is 0 Å². The maximum Gasteiger partial charge on any atom is 0.239 e. The molecule has 2 N–H and O–H groups in total. The molecular weight excluding hydrogens is 336 g/mol. The lowest BCUT2D eigenvalue weighted by Gasteiger charge is -2.20. The first-order chi connectivity index (χ1) is 13.2. The fraction of sp³-hybridized carbons (Fsp3) is 0.545. The lowest BCUT2D eigenvalue weighted by molar-refractivity contribution is -0.115. The first-order valence-corrected chi connectivity index (χ1v) is 10.4. The number of hydrogen-bond donors (Lipinski definition) is 2. The molecule has 0 radical (unpaired) electrons. The van der Waals surface area contributed by atoms with Gasteiger partial charge in [0.25, 0.3) is 0 Å². The SMILES string of the molecule is C[C@H](NCC(=O)Nc1ccnn1C1CCCC1)c1ccc2c(c1)CCCC2. The summed E-state index contributed by atoms with van der Waals surface area (Å²) < 4.78 is 1.98. The molecule has 2 aliphatic rings. The smallest absolute Gasteiger partial charge is 0.239 e. The summed E-state index contributed by atoms with van der Waals surface area (Å²) in [4.78, 5) is 12.4. The molecule has 2 aliphatic carbocycles. The molecule has 144 valence electrons. The Kier molecular flexibility index (Phi) is 5.58. The summed E-state index contributed by atoms with van der Waals surface area (Å²) in [7, 11) is 0. The molecule has 4 rings (SSSR count). The number of fused-ring (bicyclic) bond motifs is 1. The number of rotatable bonds is 6. The summed E-state index contributed by atoms with van der Waals surface area (Å²) in [5.41, 5.74) is 4.24. The van der Waals surface area contributed by atoms with Crippen LogP contribution in [-0.4, -0.2) is 22.2 Å². The average molecular weight is 367 g/mol. The van der Waals surface area contributed by atoms with E-state index in [1.165, 1.54) is 55.2 Å². The van der Waals surface area contributed by atoms with Crippen LogP contribution in [0.2, 0.25) is 0 Å². The molecule has 1 saturated carbocycles. The van der Waals surface area contributed by atoms with Crippen LogP contribution in [0.4, 0.5) is 5.82 Å². The van der Waals surface area contributed by atoms with Gasteiger partial charge in [0.05, 0.1) is 18.8 Å². The number of benzene rings is 1. The van der Waals surface area contributed by atoms with Gasteiger partial charge >= 0.3 is 0 Å². The van der Waals surface area contributed by atoms with Gasteiger partial charge in [0, 0.05) is 12.1 Å². The van der Waals surface area contributed by atoms with E-state index < -0.39 is 0 Å². The van der Waals surface area contributed by atoms with Crippen LogP contribution in [-0.2, 0) is 17.6 Å². The van der Waals surface area contributed by atoms with E-state index in [-0.39, 0.29) is 11.9 Å². The van der Waals surface area contributed by atoms with Crippen molar-refractivity contribution in [1.29, 1.82) is 0 Å². The molecule has 1 amide bonds. The Balaban J connectivity index is 1.32. The molecule has 2 aromatic rings. The van der Waals surface area contributed by atoms with Crippen molar-refractivity contribution in [3.63, 3.8) is 0 Å². The molecule has 0 bridgehead atoms. The van der Waals surface area contributed by atoms with Crippen molar-refractivity contribution in [3.8, 4) is 0 Å². The van der Waals surface area contributed by atoms with Crippen LogP contribution in [0.5, 0.6) is 0 Å². The monoisotopic (exact) mass is 366 g/mol. The van der Waals surface area contributed by atoms with Crippen LogP contribution in [0, 0.1) is 0 Å². The average Bonchev–Trinajstić information content (AvgIpc) is 3.37. The van der Waals surface area contributed by atoms with Gasteiger partial charge in [-0.25, -0.2) is 4.68 Å². The number of aryl methyl sites for hydroxylation is 2. The van der Waals surface area contributed by atoms with Crippen molar-refractivity contribution in [2.24, 2.45) is 0 Å². The normalized spacial score (nSPS) is 18.3. The minimum Gasteiger partial charge on any atom is -0.310 e. The van der Waals surface area contributed by atoms with Crippen LogP contribution < -0.4 is 10.6 Å². The number of nitrogens with one attached hydrogen (secondary N) is 2. The number of nitrogens with zero attached hydrogens (tertiary/aromatic N) is 2. The highest BCUT2D eigenvalue weighted by Crippen LogP contribution is 2.31. The second-order valence-corrected chi connectivity index (χ2v) is 7.99. The second-order valence-electron chi connectivity index (χ2n) is 7.99. The van der Waals surface area contributed by atoms with Crippen molar-refractivity contribution in [2.75, 3.05) is 11.9 Å². The van der Waals surface area contributed by atoms with Crippen LogP contribution in [0.1, 0.15) is 74.2 Å². The van der Waals surface area contributed by atoms with Crippen LogP contribution in [0.15, 0.2) is 30.5 Å². The molecular formula is C22H30N4O. The number of anilines is 1. The first kappa shape index (κ1) is 18.2. The van der Waals surface area contributed by atoms with Gasteiger partial charge in [0.15, 0.2) is 0 Å². The molecule has 0 unspecified atom stereocenters. The molecule has 1 aromatic carbocycles. The van der Waals surface area contributed by atoms with Gasteiger partial charge in [-0.1, -0.05) is 31.0 Å². The Bertz CT molecular complexity index is 791. The maximum absolute atomic E-state index is 12.4. The highest BCUT2D eigenvalue weighted by Gasteiger charge is 2.20. The van der Waals surface area contributed by atoms with Crippen LogP contribution in [0.25, 0.3) is 0 Å². The molecule has 0 spiro atoms. The highest BCUT2D eigenvalue weighted by atomic mass is 16.2. The van der Waals surface area contributed by atoms with E-state index in [0.29, 0.717) is 12.6 Å². The molecule has 5 nitrogen and oxygen atoms in total. The number of carbonyl (C=O) groups is 1. The number of carbonyl (C=O) groups excluding carboxylic acids is 1. The second kappa shape index (κ2) is 8.26. The molecule has 1 heterocycles. The molecule has 5 heteroatoms. The predicted octanol–water partition coefficient (Wildman–Crippen LogP) is 4.17. The molecule has 1 aromatic heterocycles. The van der Waals surface area contributed by atoms with Gasteiger partial charge in [0.1, 0.15) is 5.82 Å². The largest absolute Gasteiger partial charge is 0.310 e. The number of aromatic nitrogens is 2. The van der Waals surface area contributed by atoms with E-state index in [1.807, 2.05) is 10.7 Å². The third kappa shape index (κ3) is 4.24. The van der Waals surface area contributed by atoms with Crippen molar-refractivity contribution in [2.45, 2.75) is 70.4 Å². The Labute approximate surface area is 161 Å². The molecule has 1 fully saturated rings. The van der Waals surface area contributed by atoms with Crippen molar-refractivity contribution >= 4 is 11.7 Å². The number of amides is 1. The van der Waals surface area contributed by atoms with E-state index in [9.17, 15) is 4.79 Å². The summed E-state index contributed by atoms with van der Waals surface area (Å²) in [6.07, 6.45) is 11.5. The summed E-state index contributed by atoms with van der Waals surface area (Å²) in [5.74, 6) is 0.801. The number of hydrogen-bond acceptors (Lipinski definition) is 3. The van der Waals surface area contributed by atoms with Gasteiger partial charge in [0.2, 0.25) is 5.91 Å². The minimum atomic E-state index is -0.0143. The lowest BCUT2D eigenvalue weighted by Crippen LogP contribution is -2.31. The van der Waals surface area contributed by atoms with E-state index in [2.05, 4.69) is 40.9 Å². The van der Waals surface area contributed by atoms with Gasteiger partial charge in [-0.15, -0.1) is 0 Å². The zero-order valence-corrected chi connectivity index (χ0v) is 16.2. The highest BCUT2D eigenvalue weighted by molar-refractivity contribution is 5.91. The summed E-state index contributed by atoms with van der Waals surface area (Å²) in [5, 5.41) is 10.8. The Morgan fingerprint density at radius 3 is 2.74 bits per heavy atom. The summed E-state index contributed by atoms with van der Waals surface area (Å²) in [6, 6.07) is 9.26. The fourth-order valence-corrected chi connectivity index (χ4v) is 4.43. The van der Waals surface area contributed by atoms with Crippen molar-refractivity contribution < 1.29 is 4.79 Å². The molecule has 0 saturated heterocycles. The zero-order chi connectivity index (χ0) is 18.6. The maximum atomic E-state index is 12.4. The topological polar surface area (TPSA) is 59.0 Å². The molecule has 0 aliphatic heterocycles. The van der Waals surface area contributed by atoms with Gasteiger partial charge in [-0.2, -0.15) is 5.10 Å². The lowest BCUT2D eigenvalue weighted by atomic mass is 9.89. The van der Waals surface area contributed by atoms with E-state index in [0.717, 1.165) is 18.7 Å². The van der Waals surface area contributed by atoms with E-state index in [1.54, 1.807) is 6.20 Å². The van der Waals surface area contributed by atoms with Crippen molar-refractivity contribution in [3.05, 3.63) is 47.2 Å². The Morgan fingerprint density at radius 1 is 1.15 bits per heavy atom. The van der Waals surface area contributed by atoms with E-state index in [4.69, 9.17) is 0 Å². The molecule has 1 atom stereocenters. The minimum absolute atomic E-state index is 0.0143. The van der Waals surface area contributed by atoms with Gasteiger partial charge in [-0.3, -0.25) is 4.79 Å². The predicted molar refractivity (Wildman–Crippen MR) is 108 cm³/mol. The van der Waals surface area contributed by atoms with Gasteiger partial charge < -0.3 is 10.6 Å². The third-order valence-electron chi connectivity index (χ3n) is 6.05. The van der Waals surface area contributed by atoms with Crippen LogP contribution in [0.3, 0.4) is 0 Å². The fourth-order valence-electron chi connectivity index (χ4n) is 4.43. The zero-order valence-electron chi connectivity index (χ0n) is 16.2. The van der Waals surface area contributed by atoms with Crippen molar-refractivity contribution in [1.82, 2.24) is 15.1 Å². The van der Waals surface area contributed by atoms with Gasteiger partial charge in [-0.05, 0) is 62.1 Å². The standard InChI is InChI=1S/C22H30N4O/c1-16(18-11-10-17-6-2-3-7-19(17)14-18)23-15-22(27)25-21-12-13-24-26(21)20-8-4-5-9-20/h10-14,16,20,23H,2-9,15H2,1H3,(H,25,27)/t16-/m0/s1. The summed E-state index contributed by atoms with van der Waals surface area (Å²) >= 11 is 0. The van der Waals surface area contributed by atoms with Crippen LogP contribution >= 0.6 is 0 Å². The third-order valence-corrected chi connectivity index (χ3v) is 6.05. The Morgan fingerprint density at radius 2 is 1.93 bits per heavy atom. The summed E-state index contributed by atoms with van der Waals surface area (Å²) in [6.45, 7) is 2.43. The quantitative estimate of drug-likeness (QED) is 0.807. The first-order valence-electron chi connectivity index (χ1n) is 10.4. The molecule has 27 heavy (non-hydrogen) atoms.